The highest BCUT2D eigenvalue weighted by Gasteiger charge is 2.31. The third-order valence-electron chi connectivity index (χ3n) is 3.64. The molecule has 1 atom stereocenters. The Kier molecular flexibility index (Phi) is 6.22. The molecule has 1 aromatic rings. The van der Waals surface area contributed by atoms with Gasteiger partial charge in [0, 0.05) is 45.0 Å². The lowest BCUT2D eigenvalue weighted by atomic mass is 10.2. The molecular weight excluding hydrogens is 298 g/mol. The van der Waals surface area contributed by atoms with E-state index in [4.69, 9.17) is 9.47 Å². The lowest BCUT2D eigenvalue weighted by Gasteiger charge is -2.18. The van der Waals surface area contributed by atoms with Crippen LogP contribution in [-0.2, 0) is 9.53 Å². The normalized spacial score (nSPS) is 17.2. The quantitative estimate of drug-likeness (QED) is 0.738. The van der Waals surface area contributed by atoms with E-state index in [0.717, 1.165) is 12.1 Å². The van der Waals surface area contributed by atoms with Gasteiger partial charge in [-0.15, -0.1) is 0 Å². The predicted molar refractivity (Wildman–Crippen MR) is 86.8 cm³/mol. The zero-order valence-electron chi connectivity index (χ0n) is 13.5. The highest BCUT2D eigenvalue weighted by molar-refractivity contribution is 5.97. The summed E-state index contributed by atoms with van der Waals surface area (Å²) in [4.78, 5) is 25.6. The molecule has 7 nitrogen and oxygen atoms in total. The van der Waals surface area contributed by atoms with Crippen molar-refractivity contribution in [3.8, 4) is 5.75 Å². The van der Waals surface area contributed by atoms with Crippen LogP contribution in [0.15, 0.2) is 24.3 Å². The van der Waals surface area contributed by atoms with Crippen molar-refractivity contribution in [1.29, 1.82) is 0 Å². The number of nitrogens with zero attached hydrogens (tertiary/aromatic N) is 1. The number of ether oxygens (including phenoxy) is 2. The molecule has 3 amide bonds. The molecule has 1 aromatic carbocycles. The molecule has 1 saturated heterocycles. The molecule has 0 aromatic heterocycles. The molecule has 0 spiro atoms. The van der Waals surface area contributed by atoms with Crippen molar-refractivity contribution in [2.75, 3.05) is 38.8 Å². The fourth-order valence-corrected chi connectivity index (χ4v) is 2.49. The van der Waals surface area contributed by atoms with E-state index in [1.54, 1.807) is 19.1 Å². The molecule has 7 heteroatoms. The molecule has 2 N–H and O–H groups in total. The Hall–Kier alpha value is -2.28. The van der Waals surface area contributed by atoms with Gasteiger partial charge in [-0.25, -0.2) is 4.79 Å². The second-order valence-electron chi connectivity index (χ2n) is 5.35. The van der Waals surface area contributed by atoms with Gasteiger partial charge in [-0.2, -0.15) is 0 Å². The van der Waals surface area contributed by atoms with E-state index in [1.165, 1.54) is 0 Å². The van der Waals surface area contributed by atoms with Crippen LogP contribution in [0.1, 0.15) is 12.8 Å². The van der Waals surface area contributed by atoms with Gasteiger partial charge < -0.3 is 25.0 Å². The Morgan fingerprint density at radius 3 is 2.96 bits per heavy atom. The lowest BCUT2D eigenvalue weighted by molar-refractivity contribution is -0.117. The topological polar surface area (TPSA) is 79.9 Å². The van der Waals surface area contributed by atoms with Gasteiger partial charge >= 0.3 is 6.03 Å². The molecule has 0 radical (unpaired) electrons. The predicted octanol–water partition coefficient (Wildman–Crippen LogP) is 1.14. The lowest BCUT2D eigenvalue weighted by Crippen LogP contribution is -2.43. The Labute approximate surface area is 135 Å². The molecule has 1 unspecified atom stereocenters. The first-order chi connectivity index (χ1) is 11.1. The van der Waals surface area contributed by atoms with E-state index in [-0.39, 0.29) is 18.0 Å². The van der Waals surface area contributed by atoms with Crippen molar-refractivity contribution in [1.82, 2.24) is 10.6 Å². The summed E-state index contributed by atoms with van der Waals surface area (Å²) in [5.74, 6) is 0.686. The Bertz CT molecular complexity index is 550. The number of methoxy groups -OCH3 is 2. The number of hydrogen-bond donors (Lipinski definition) is 2. The van der Waals surface area contributed by atoms with Crippen molar-refractivity contribution in [3.05, 3.63) is 24.3 Å². The van der Waals surface area contributed by atoms with Crippen LogP contribution in [0.5, 0.6) is 5.75 Å². The fraction of sp³-hybridized carbons (Fsp3) is 0.500. The molecule has 0 bridgehead atoms. The number of amides is 3. The van der Waals surface area contributed by atoms with Gasteiger partial charge in [0.1, 0.15) is 5.75 Å². The smallest absolute Gasteiger partial charge is 0.315 e. The number of benzene rings is 1. The van der Waals surface area contributed by atoms with Gasteiger partial charge in [-0.3, -0.25) is 4.79 Å². The first kappa shape index (κ1) is 17.1. The summed E-state index contributed by atoms with van der Waals surface area (Å²) in [5.41, 5.74) is 0.777. The largest absolute Gasteiger partial charge is 0.497 e. The summed E-state index contributed by atoms with van der Waals surface area (Å²) in [6.07, 6.45) is 1.05. The van der Waals surface area contributed by atoms with E-state index in [1.807, 2.05) is 24.3 Å². The van der Waals surface area contributed by atoms with Gasteiger partial charge in [0.15, 0.2) is 0 Å². The van der Waals surface area contributed by atoms with E-state index in [9.17, 15) is 9.59 Å². The van der Waals surface area contributed by atoms with Crippen molar-refractivity contribution in [2.24, 2.45) is 0 Å². The summed E-state index contributed by atoms with van der Waals surface area (Å²) in [6.45, 7) is 1.60. The number of carbonyl (C=O) groups is 2. The van der Waals surface area contributed by atoms with E-state index in [2.05, 4.69) is 10.6 Å². The minimum atomic E-state index is -0.258. The number of carbonyl (C=O) groups excluding carboxylic acids is 2. The Morgan fingerprint density at radius 1 is 1.39 bits per heavy atom. The summed E-state index contributed by atoms with van der Waals surface area (Å²) in [6, 6.07) is 6.87. The standard InChI is InChI=1S/C16H23N3O4/c1-22-8-4-7-17-16(21)18-12-9-15(20)19(11-12)13-5-3-6-14(10-13)23-2/h3,5-6,10,12H,4,7-9,11H2,1-2H3,(H2,17,18,21). The van der Waals surface area contributed by atoms with Crippen molar-refractivity contribution in [2.45, 2.75) is 18.9 Å². The highest BCUT2D eigenvalue weighted by atomic mass is 16.5. The van der Waals surface area contributed by atoms with E-state index in [0.29, 0.717) is 31.9 Å². The van der Waals surface area contributed by atoms with Crippen LogP contribution in [0.3, 0.4) is 0 Å². The zero-order valence-corrected chi connectivity index (χ0v) is 13.5. The van der Waals surface area contributed by atoms with Crippen LogP contribution in [0.4, 0.5) is 10.5 Å². The fourth-order valence-electron chi connectivity index (χ4n) is 2.49. The monoisotopic (exact) mass is 321 g/mol. The summed E-state index contributed by atoms with van der Waals surface area (Å²) in [5, 5.41) is 5.58. The van der Waals surface area contributed by atoms with Crippen LogP contribution in [0, 0.1) is 0 Å². The van der Waals surface area contributed by atoms with Gasteiger partial charge in [-0.1, -0.05) is 6.07 Å². The molecule has 126 valence electrons. The van der Waals surface area contributed by atoms with Crippen molar-refractivity contribution in [3.63, 3.8) is 0 Å². The van der Waals surface area contributed by atoms with Gasteiger partial charge in [-0.05, 0) is 18.6 Å². The first-order valence-electron chi connectivity index (χ1n) is 7.61. The highest BCUT2D eigenvalue weighted by Crippen LogP contribution is 2.25. The molecule has 1 heterocycles. The Morgan fingerprint density at radius 2 is 2.22 bits per heavy atom. The van der Waals surface area contributed by atoms with Crippen LogP contribution < -0.4 is 20.3 Å². The molecule has 1 aliphatic rings. The van der Waals surface area contributed by atoms with E-state index >= 15 is 0 Å². The average molecular weight is 321 g/mol. The summed E-state index contributed by atoms with van der Waals surface area (Å²) >= 11 is 0. The van der Waals surface area contributed by atoms with Crippen LogP contribution in [-0.4, -0.2) is 51.9 Å². The number of urea groups is 1. The zero-order chi connectivity index (χ0) is 16.7. The van der Waals surface area contributed by atoms with Gasteiger partial charge in [0.25, 0.3) is 0 Å². The van der Waals surface area contributed by atoms with Crippen LogP contribution in [0.25, 0.3) is 0 Å². The second kappa shape index (κ2) is 8.38. The molecule has 2 rings (SSSR count). The summed E-state index contributed by atoms with van der Waals surface area (Å²) < 4.78 is 10.1. The maximum absolute atomic E-state index is 12.2. The number of anilines is 1. The van der Waals surface area contributed by atoms with E-state index < -0.39 is 0 Å². The molecule has 1 fully saturated rings. The number of rotatable bonds is 7. The van der Waals surface area contributed by atoms with Crippen LogP contribution >= 0.6 is 0 Å². The molecule has 23 heavy (non-hydrogen) atoms. The Balaban J connectivity index is 1.85. The molecule has 0 aliphatic carbocycles. The molecular formula is C16H23N3O4. The minimum Gasteiger partial charge on any atom is -0.497 e. The van der Waals surface area contributed by atoms with Gasteiger partial charge in [0.2, 0.25) is 5.91 Å². The maximum Gasteiger partial charge on any atom is 0.315 e. The molecule has 1 aliphatic heterocycles. The number of nitrogens with one attached hydrogen (secondary N) is 2. The van der Waals surface area contributed by atoms with Gasteiger partial charge in [0.05, 0.1) is 13.2 Å². The number of hydrogen-bond acceptors (Lipinski definition) is 4. The first-order valence-corrected chi connectivity index (χ1v) is 7.61. The summed E-state index contributed by atoms with van der Waals surface area (Å²) in [7, 11) is 3.21. The average Bonchev–Trinajstić information content (AvgIpc) is 2.92. The third-order valence-corrected chi connectivity index (χ3v) is 3.64. The maximum atomic E-state index is 12.2. The SMILES string of the molecule is COCCCNC(=O)NC1CC(=O)N(c2cccc(OC)c2)C1. The van der Waals surface area contributed by atoms with Crippen molar-refractivity contribution >= 4 is 17.6 Å². The van der Waals surface area contributed by atoms with Crippen molar-refractivity contribution < 1.29 is 19.1 Å². The molecule has 0 saturated carbocycles. The third kappa shape index (κ3) is 4.85. The van der Waals surface area contributed by atoms with Crippen LogP contribution in [0.2, 0.25) is 0 Å². The minimum absolute atomic E-state index is 0.0112. The second-order valence-corrected chi connectivity index (χ2v) is 5.35.